The second-order valence-electron chi connectivity index (χ2n) is 6.53. The summed E-state index contributed by atoms with van der Waals surface area (Å²) >= 11 is 0. The molecule has 0 saturated carbocycles. The molecule has 1 amide bonds. The summed E-state index contributed by atoms with van der Waals surface area (Å²) in [7, 11) is 0. The average Bonchev–Trinajstić information content (AvgIpc) is 3.29. The highest BCUT2D eigenvalue weighted by Crippen LogP contribution is 2.35. The van der Waals surface area contributed by atoms with Crippen molar-refractivity contribution >= 4 is 22.8 Å². The number of carbonyl (C=O) groups is 2. The molecule has 29 heavy (non-hydrogen) atoms. The van der Waals surface area contributed by atoms with Crippen molar-refractivity contribution in [3.8, 4) is 0 Å². The van der Waals surface area contributed by atoms with Gasteiger partial charge in [-0.2, -0.15) is 13.2 Å². The Hall–Kier alpha value is -3.34. The minimum atomic E-state index is -4.55. The smallest absolute Gasteiger partial charge is 0.418 e. The Morgan fingerprint density at radius 1 is 1.24 bits per heavy atom. The lowest BCUT2D eigenvalue weighted by molar-refractivity contribution is -0.142. The minimum Gasteiger partial charge on any atom is -0.480 e. The van der Waals surface area contributed by atoms with Crippen LogP contribution in [0.3, 0.4) is 0 Å². The van der Waals surface area contributed by atoms with Gasteiger partial charge in [-0.15, -0.1) is 0 Å². The van der Waals surface area contributed by atoms with Crippen LogP contribution in [0, 0.1) is 0 Å². The van der Waals surface area contributed by atoms with E-state index in [1.54, 1.807) is 0 Å². The van der Waals surface area contributed by atoms with Crippen molar-refractivity contribution in [3.05, 3.63) is 53.7 Å². The second-order valence-corrected chi connectivity index (χ2v) is 6.53. The number of amides is 1. The van der Waals surface area contributed by atoms with Crippen LogP contribution in [-0.2, 0) is 28.6 Å². The van der Waals surface area contributed by atoms with Crippen LogP contribution in [0.5, 0.6) is 0 Å². The summed E-state index contributed by atoms with van der Waals surface area (Å²) in [5.74, 6) is -2.02. The van der Waals surface area contributed by atoms with Gasteiger partial charge in [0.15, 0.2) is 0 Å². The molecule has 2 atom stereocenters. The van der Waals surface area contributed by atoms with Crippen molar-refractivity contribution in [3.63, 3.8) is 0 Å². The number of fused-ring (bicyclic) bond motifs is 1. The number of carbonyl (C=O) groups excluding carboxylic acids is 1. The minimum absolute atomic E-state index is 0.125. The van der Waals surface area contributed by atoms with E-state index in [0.29, 0.717) is 11.3 Å². The number of carboxylic acid groups (broad SMARTS) is 1. The number of alkyl halides is 3. The maximum Gasteiger partial charge on any atom is 0.418 e. The highest BCUT2D eigenvalue weighted by molar-refractivity contribution is 5.89. The Labute approximate surface area is 162 Å². The number of carboxylic acids is 1. The van der Waals surface area contributed by atoms with E-state index < -0.39 is 35.7 Å². The predicted molar refractivity (Wildman–Crippen MR) is 96.8 cm³/mol. The Kier molecular flexibility index (Phi) is 5.59. The van der Waals surface area contributed by atoms with E-state index >= 15 is 0 Å². The van der Waals surface area contributed by atoms with Gasteiger partial charge in [-0.3, -0.25) is 4.79 Å². The lowest BCUT2D eigenvalue weighted by Crippen LogP contribution is -2.50. The molecule has 8 nitrogen and oxygen atoms in total. The molecule has 0 radical (unpaired) electrons. The molecule has 0 fully saturated rings. The Morgan fingerprint density at radius 3 is 2.62 bits per heavy atom. The fourth-order valence-corrected chi connectivity index (χ4v) is 3.04. The van der Waals surface area contributed by atoms with E-state index in [1.807, 2.05) is 0 Å². The molecule has 3 rings (SSSR count). The highest BCUT2D eigenvalue weighted by Gasteiger charge is 2.33. The molecule has 0 saturated heterocycles. The van der Waals surface area contributed by atoms with Crippen molar-refractivity contribution in [1.82, 2.24) is 20.3 Å². The molecule has 1 aromatic carbocycles. The van der Waals surface area contributed by atoms with Gasteiger partial charge in [0.1, 0.15) is 6.04 Å². The first-order valence-electron chi connectivity index (χ1n) is 8.59. The highest BCUT2D eigenvalue weighted by atomic mass is 19.4. The van der Waals surface area contributed by atoms with E-state index in [4.69, 9.17) is 5.73 Å². The Bertz CT molecular complexity index is 1010. The number of halogens is 3. The van der Waals surface area contributed by atoms with E-state index in [2.05, 4.69) is 20.3 Å². The standard InChI is InChI=1S/C18H18F3N5O3/c19-18(20,21)12-3-1-2-11-9(6-24-15(11)12)4-14(17(28)29)26-16(27)13(22)5-10-7-23-8-25-10/h1-3,6-8,13-14,24H,4-5,22H2,(H,23,25)(H,26,27)(H,28,29). The SMILES string of the molecule is NC(Cc1cnc[nH]1)C(=O)NC(Cc1c[nH]c2c(C(F)(F)F)cccc12)C(=O)O. The number of nitrogens with two attached hydrogens (primary N) is 1. The average molecular weight is 409 g/mol. The molecule has 6 N–H and O–H groups in total. The zero-order valence-corrected chi connectivity index (χ0v) is 15.0. The van der Waals surface area contributed by atoms with Crippen LogP contribution in [-0.4, -0.2) is 44.0 Å². The summed E-state index contributed by atoms with van der Waals surface area (Å²) in [5, 5.41) is 12.0. The lowest BCUT2D eigenvalue weighted by atomic mass is 10.0. The third-order valence-electron chi connectivity index (χ3n) is 4.48. The normalized spacial score (nSPS) is 13.9. The van der Waals surface area contributed by atoms with Crippen molar-refractivity contribution < 1.29 is 27.9 Å². The van der Waals surface area contributed by atoms with Gasteiger partial charge in [-0.05, 0) is 11.6 Å². The zero-order chi connectivity index (χ0) is 21.2. The van der Waals surface area contributed by atoms with E-state index in [0.717, 1.165) is 6.07 Å². The fraction of sp³-hybridized carbons (Fsp3) is 0.278. The van der Waals surface area contributed by atoms with Gasteiger partial charge < -0.3 is 26.1 Å². The number of benzene rings is 1. The van der Waals surface area contributed by atoms with E-state index in [1.165, 1.54) is 30.9 Å². The number of hydrogen-bond donors (Lipinski definition) is 5. The van der Waals surface area contributed by atoms with Gasteiger partial charge in [-0.25, -0.2) is 9.78 Å². The Morgan fingerprint density at radius 2 is 2.00 bits per heavy atom. The third kappa shape index (κ3) is 4.57. The summed E-state index contributed by atoms with van der Waals surface area (Å²) in [6, 6.07) is 1.27. The number of hydrogen-bond acceptors (Lipinski definition) is 4. The molecule has 3 aromatic rings. The van der Waals surface area contributed by atoms with Crippen LogP contribution >= 0.6 is 0 Å². The molecule has 0 bridgehead atoms. The van der Waals surface area contributed by atoms with Crippen LogP contribution in [0.4, 0.5) is 13.2 Å². The summed E-state index contributed by atoms with van der Waals surface area (Å²) in [6.45, 7) is 0. The monoisotopic (exact) mass is 409 g/mol. The molecule has 154 valence electrons. The van der Waals surface area contributed by atoms with Crippen LogP contribution in [0.2, 0.25) is 0 Å². The zero-order valence-electron chi connectivity index (χ0n) is 15.0. The lowest BCUT2D eigenvalue weighted by Gasteiger charge is -2.17. The molecule has 2 heterocycles. The molecule has 2 unspecified atom stereocenters. The van der Waals surface area contributed by atoms with Crippen molar-refractivity contribution in [2.45, 2.75) is 31.1 Å². The van der Waals surface area contributed by atoms with Gasteiger partial charge in [-0.1, -0.05) is 12.1 Å². The summed E-state index contributed by atoms with van der Waals surface area (Å²) in [5.41, 5.74) is 5.76. The van der Waals surface area contributed by atoms with Crippen molar-refractivity contribution in [2.75, 3.05) is 0 Å². The molecule has 0 aliphatic rings. The van der Waals surface area contributed by atoms with Gasteiger partial charge in [0.25, 0.3) is 0 Å². The van der Waals surface area contributed by atoms with Gasteiger partial charge in [0.2, 0.25) is 5.91 Å². The van der Waals surface area contributed by atoms with Gasteiger partial charge in [0, 0.05) is 36.3 Å². The number of aromatic amines is 2. The first kappa shape index (κ1) is 20.4. The quantitative estimate of drug-likeness (QED) is 0.404. The molecule has 2 aromatic heterocycles. The largest absolute Gasteiger partial charge is 0.480 e. The van der Waals surface area contributed by atoms with Crippen LogP contribution in [0.15, 0.2) is 36.9 Å². The number of para-hydroxylation sites is 1. The fourth-order valence-electron chi connectivity index (χ4n) is 3.04. The number of aliphatic carboxylic acids is 1. The number of rotatable bonds is 7. The van der Waals surface area contributed by atoms with Gasteiger partial charge in [0.05, 0.1) is 23.4 Å². The third-order valence-corrected chi connectivity index (χ3v) is 4.48. The molecule has 11 heteroatoms. The van der Waals surface area contributed by atoms with E-state index in [-0.39, 0.29) is 23.7 Å². The number of nitrogens with one attached hydrogen (secondary N) is 3. The van der Waals surface area contributed by atoms with Gasteiger partial charge >= 0.3 is 12.1 Å². The molecule has 0 aliphatic heterocycles. The van der Waals surface area contributed by atoms with Crippen LogP contribution < -0.4 is 11.1 Å². The molecular formula is C18H18F3N5O3. The Balaban J connectivity index is 1.77. The van der Waals surface area contributed by atoms with Crippen molar-refractivity contribution in [2.24, 2.45) is 5.73 Å². The number of nitrogens with zero attached hydrogens (tertiary/aromatic N) is 1. The molecule has 0 spiro atoms. The summed E-state index contributed by atoms with van der Waals surface area (Å²) in [4.78, 5) is 33.0. The second kappa shape index (κ2) is 7.95. The predicted octanol–water partition coefficient (Wildman–Crippen LogP) is 1.59. The van der Waals surface area contributed by atoms with Crippen LogP contribution in [0.25, 0.3) is 10.9 Å². The van der Waals surface area contributed by atoms with Crippen molar-refractivity contribution in [1.29, 1.82) is 0 Å². The molecular weight excluding hydrogens is 391 g/mol. The topological polar surface area (TPSA) is 137 Å². The number of aromatic nitrogens is 3. The number of imidazole rings is 1. The van der Waals surface area contributed by atoms with Crippen LogP contribution in [0.1, 0.15) is 16.8 Å². The van der Waals surface area contributed by atoms with E-state index in [9.17, 15) is 27.9 Å². The summed E-state index contributed by atoms with van der Waals surface area (Å²) in [6.07, 6.45) is -0.411. The first-order valence-corrected chi connectivity index (χ1v) is 8.59. The molecule has 0 aliphatic carbocycles. The maximum absolute atomic E-state index is 13.1. The summed E-state index contributed by atoms with van der Waals surface area (Å²) < 4.78 is 39.4. The number of H-pyrrole nitrogens is 2. The maximum atomic E-state index is 13.1. The first-order chi connectivity index (χ1) is 13.7.